The highest BCUT2D eigenvalue weighted by atomic mass is 79.9. The van der Waals surface area contributed by atoms with E-state index in [2.05, 4.69) is 15.9 Å². The van der Waals surface area contributed by atoms with Gasteiger partial charge in [-0.3, -0.25) is 14.5 Å². The number of halogens is 1. The van der Waals surface area contributed by atoms with Crippen molar-refractivity contribution >= 4 is 39.1 Å². The number of aliphatic hydroxyl groups excluding tert-OH is 1. The van der Waals surface area contributed by atoms with Crippen molar-refractivity contribution in [3.63, 3.8) is 0 Å². The summed E-state index contributed by atoms with van der Waals surface area (Å²) in [6.45, 7) is 2.31. The Morgan fingerprint density at radius 2 is 1.97 bits per heavy atom. The lowest BCUT2D eigenvalue weighted by Gasteiger charge is -2.23. The lowest BCUT2D eigenvalue weighted by Crippen LogP contribution is -2.29. The molecule has 1 N–H and O–H groups in total. The fourth-order valence-corrected chi connectivity index (χ4v) is 4.21. The number of ether oxygens (including phenoxy) is 2. The van der Waals surface area contributed by atoms with Gasteiger partial charge >= 0.3 is 0 Å². The van der Waals surface area contributed by atoms with Gasteiger partial charge in [0.1, 0.15) is 29.1 Å². The number of benzene rings is 2. The second-order valence-corrected chi connectivity index (χ2v) is 7.82. The van der Waals surface area contributed by atoms with Crippen LogP contribution < -0.4 is 14.4 Å². The van der Waals surface area contributed by atoms with Gasteiger partial charge in [0, 0.05) is 17.3 Å². The SMILES string of the molecule is CCOc1cccc(N2C(=O)C(=O)/C(=C(\O)c3ccc(OC)c(Br)c3)C2c2ccco2)c1. The number of methoxy groups -OCH3 is 1. The van der Waals surface area contributed by atoms with Crippen LogP contribution in [0.2, 0.25) is 0 Å². The Labute approximate surface area is 193 Å². The fourth-order valence-electron chi connectivity index (χ4n) is 3.67. The first-order valence-corrected chi connectivity index (χ1v) is 10.7. The standard InChI is InChI=1S/C24H20BrNO6/c1-3-31-16-7-4-6-15(13-16)26-21(19-8-5-11-32-19)20(23(28)24(26)29)22(27)14-9-10-18(30-2)17(25)12-14/h4-13,21,27H,3H2,1-2H3/b22-20-. The molecule has 3 aromatic rings. The summed E-state index contributed by atoms with van der Waals surface area (Å²) in [5.41, 5.74) is 0.744. The fraction of sp³-hybridized carbons (Fsp3) is 0.167. The number of carbonyl (C=O) groups excluding carboxylic acids is 2. The molecule has 1 fully saturated rings. The van der Waals surface area contributed by atoms with Gasteiger partial charge in [0.15, 0.2) is 0 Å². The molecule has 1 saturated heterocycles. The minimum Gasteiger partial charge on any atom is -0.507 e. The van der Waals surface area contributed by atoms with Gasteiger partial charge in [-0.05, 0) is 65.3 Å². The third-order valence-corrected chi connectivity index (χ3v) is 5.71. The van der Waals surface area contributed by atoms with Crippen LogP contribution in [0.5, 0.6) is 11.5 Å². The minimum absolute atomic E-state index is 0.0659. The maximum absolute atomic E-state index is 13.1. The molecule has 1 aromatic heterocycles. The molecular weight excluding hydrogens is 478 g/mol. The molecule has 0 bridgehead atoms. The van der Waals surface area contributed by atoms with E-state index in [-0.39, 0.29) is 11.3 Å². The lowest BCUT2D eigenvalue weighted by atomic mass is 9.99. The summed E-state index contributed by atoms with van der Waals surface area (Å²) in [6, 6.07) is 14.1. The first-order chi connectivity index (χ1) is 15.5. The number of anilines is 1. The van der Waals surface area contributed by atoms with Crippen molar-refractivity contribution in [2.24, 2.45) is 0 Å². The molecule has 8 heteroatoms. The van der Waals surface area contributed by atoms with Gasteiger partial charge in [-0.2, -0.15) is 0 Å². The zero-order valence-electron chi connectivity index (χ0n) is 17.4. The van der Waals surface area contributed by atoms with E-state index in [4.69, 9.17) is 13.9 Å². The number of hydrogen-bond donors (Lipinski definition) is 1. The maximum atomic E-state index is 13.1. The molecule has 0 saturated carbocycles. The van der Waals surface area contributed by atoms with Crippen LogP contribution in [0.4, 0.5) is 5.69 Å². The summed E-state index contributed by atoms with van der Waals surface area (Å²) < 4.78 is 16.9. The third kappa shape index (κ3) is 3.78. The highest BCUT2D eigenvalue weighted by Crippen LogP contribution is 2.43. The smallest absolute Gasteiger partial charge is 0.300 e. The average Bonchev–Trinajstić information content (AvgIpc) is 3.41. The number of amides is 1. The van der Waals surface area contributed by atoms with Gasteiger partial charge in [0.05, 0.1) is 30.0 Å². The molecule has 0 spiro atoms. The van der Waals surface area contributed by atoms with E-state index in [1.807, 2.05) is 6.92 Å². The summed E-state index contributed by atoms with van der Waals surface area (Å²) in [5, 5.41) is 11.1. The van der Waals surface area contributed by atoms with Crippen molar-refractivity contribution in [2.45, 2.75) is 13.0 Å². The molecule has 1 amide bonds. The van der Waals surface area contributed by atoms with Gasteiger partial charge < -0.3 is 19.0 Å². The molecule has 2 aromatic carbocycles. The number of furan rings is 1. The molecule has 1 atom stereocenters. The summed E-state index contributed by atoms with van der Waals surface area (Å²) in [5.74, 6) is -0.412. The molecule has 2 heterocycles. The van der Waals surface area contributed by atoms with Crippen LogP contribution in [0.3, 0.4) is 0 Å². The number of Topliss-reactive ketones (excluding diaryl/α,β-unsaturated/α-hetero) is 1. The largest absolute Gasteiger partial charge is 0.507 e. The predicted octanol–water partition coefficient (Wildman–Crippen LogP) is 5.08. The zero-order chi connectivity index (χ0) is 22.8. The monoisotopic (exact) mass is 497 g/mol. The minimum atomic E-state index is -0.942. The molecule has 0 aliphatic carbocycles. The van der Waals surface area contributed by atoms with Gasteiger partial charge in [0.2, 0.25) is 0 Å². The summed E-state index contributed by atoms with van der Waals surface area (Å²) in [7, 11) is 1.53. The van der Waals surface area contributed by atoms with Crippen molar-refractivity contribution in [1.82, 2.24) is 0 Å². The van der Waals surface area contributed by atoms with Gasteiger partial charge in [-0.1, -0.05) is 6.07 Å². The van der Waals surface area contributed by atoms with Crippen molar-refractivity contribution in [1.29, 1.82) is 0 Å². The van der Waals surface area contributed by atoms with Crippen LogP contribution >= 0.6 is 15.9 Å². The Morgan fingerprint density at radius 3 is 2.62 bits per heavy atom. The maximum Gasteiger partial charge on any atom is 0.300 e. The number of aliphatic hydroxyl groups is 1. The summed E-state index contributed by atoms with van der Waals surface area (Å²) in [6.07, 6.45) is 1.45. The second-order valence-electron chi connectivity index (χ2n) is 6.96. The highest BCUT2D eigenvalue weighted by Gasteiger charge is 2.48. The number of carbonyl (C=O) groups is 2. The summed E-state index contributed by atoms with van der Waals surface area (Å²) in [4.78, 5) is 27.5. The number of hydrogen-bond acceptors (Lipinski definition) is 6. The zero-order valence-corrected chi connectivity index (χ0v) is 19.0. The Balaban J connectivity index is 1.88. The normalized spacial score (nSPS) is 17.6. The predicted molar refractivity (Wildman–Crippen MR) is 122 cm³/mol. The molecule has 0 radical (unpaired) electrons. The van der Waals surface area contributed by atoms with E-state index in [0.29, 0.717) is 39.6 Å². The Hall–Kier alpha value is -3.52. The Kier molecular flexibility index (Phi) is 6.05. The molecule has 1 aliphatic heterocycles. The molecule has 7 nitrogen and oxygen atoms in total. The van der Waals surface area contributed by atoms with E-state index in [1.165, 1.54) is 18.3 Å². The van der Waals surface area contributed by atoms with E-state index < -0.39 is 17.7 Å². The second kappa shape index (κ2) is 8.92. The van der Waals surface area contributed by atoms with Crippen LogP contribution in [0.1, 0.15) is 24.3 Å². The Bertz CT molecular complexity index is 1200. The number of nitrogens with zero attached hydrogens (tertiary/aromatic N) is 1. The van der Waals surface area contributed by atoms with E-state index in [9.17, 15) is 14.7 Å². The first-order valence-electron chi connectivity index (χ1n) is 9.87. The number of rotatable bonds is 6. The van der Waals surface area contributed by atoms with Gasteiger partial charge in [0.25, 0.3) is 11.7 Å². The van der Waals surface area contributed by atoms with Crippen molar-refractivity contribution in [3.05, 3.63) is 82.2 Å². The lowest BCUT2D eigenvalue weighted by molar-refractivity contribution is -0.132. The van der Waals surface area contributed by atoms with Crippen LogP contribution in [-0.2, 0) is 9.59 Å². The molecular formula is C24H20BrNO6. The van der Waals surface area contributed by atoms with E-state index in [0.717, 1.165) is 0 Å². The van der Waals surface area contributed by atoms with Gasteiger partial charge in [-0.15, -0.1) is 0 Å². The summed E-state index contributed by atoms with van der Waals surface area (Å²) >= 11 is 3.38. The third-order valence-electron chi connectivity index (χ3n) is 5.09. The highest BCUT2D eigenvalue weighted by molar-refractivity contribution is 9.10. The van der Waals surface area contributed by atoms with Crippen LogP contribution in [0.25, 0.3) is 5.76 Å². The van der Waals surface area contributed by atoms with Crippen molar-refractivity contribution < 1.29 is 28.6 Å². The van der Waals surface area contributed by atoms with Crippen LogP contribution in [0.15, 0.2) is 75.3 Å². The van der Waals surface area contributed by atoms with E-state index >= 15 is 0 Å². The molecule has 1 unspecified atom stereocenters. The molecule has 164 valence electrons. The van der Waals surface area contributed by atoms with Gasteiger partial charge in [-0.25, -0.2) is 0 Å². The topological polar surface area (TPSA) is 89.2 Å². The molecule has 4 rings (SSSR count). The molecule has 1 aliphatic rings. The average molecular weight is 498 g/mol. The molecule has 32 heavy (non-hydrogen) atoms. The quantitative estimate of drug-likeness (QED) is 0.290. The Morgan fingerprint density at radius 1 is 1.16 bits per heavy atom. The first kappa shape index (κ1) is 21.7. The van der Waals surface area contributed by atoms with Crippen LogP contribution in [0, 0.1) is 0 Å². The van der Waals surface area contributed by atoms with Crippen molar-refractivity contribution in [2.75, 3.05) is 18.6 Å². The van der Waals surface area contributed by atoms with Crippen molar-refractivity contribution in [3.8, 4) is 11.5 Å². The number of ketones is 1. The van der Waals surface area contributed by atoms with E-state index in [1.54, 1.807) is 54.6 Å². The van der Waals surface area contributed by atoms with Crippen LogP contribution in [-0.4, -0.2) is 30.5 Å².